The Kier molecular flexibility index (Phi) is 6.75. The molecule has 2 aromatic rings. The first-order valence-corrected chi connectivity index (χ1v) is 9.56. The molecule has 1 heterocycles. The molecular formula is C23H25N3O3. The highest BCUT2D eigenvalue weighted by Gasteiger charge is 2.16. The summed E-state index contributed by atoms with van der Waals surface area (Å²) in [6.45, 7) is 1.93. The molecule has 1 aliphatic rings. The van der Waals surface area contributed by atoms with Crippen molar-refractivity contribution >= 4 is 5.91 Å². The Hall–Kier alpha value is -3.46. The molecule has 0 aromatic heterocycles. The topological polar surface area (TPSA) is 74.6 Å². The zero-order valence-electron chi connectivity index (χ0n) is 16.8. The molecule has 6 nitrogen and oxygen atoms in total. The molecule has 0 unspecified atom stereocenters. The van der Waals surface area contributed by atoms with Crippen LogP contribution in [0.25, 0.3) is 0 Å². The maximum atomic E-state index is 12.4. The predicted molar refractivity (Wildman–Crippen MR) is 111 cm³/mol. The Balaban J connectivity index is 1.57. The molecule has 0 fully saturated rings. The lowest BCUT2D eigenvalue weighted by atomic mass is 10.0. The second-order valence-corrected chi connectivity index (χ2v) is 6.84. The van der Waals surface area contributed by atoms with Gasteiger partial charge in [0.25, 0.3) is 5.91 Å². The van der Waals surface area contributed by atoms with E-state index in [0.29, 0.717) is 31.0 Å². The molecule has 1 aliphatic heterocycles. The number of nitriles is 1. The summed E-state index contributed by atoms with van der Waals surface area (Å²) < 4.78 is 10.5. The fourth-order valence-electron chi connectivity index (χ4n) is 3.40. The number of nitrogens with zero attached hydrogens (tertiary/aromatic N) is 2. The number of hydrogen-bond donors (Lipinski definition) is 1. The third-order valence-corrected chi connectivity index (χ3v) is 4.98. The van der Waals surface area contributed by atoms with Crippen molar-refractivity contribution in [2.75, 3.05) is 27.3 Å². The zero-order chi connectivity index (χ0) is 20.6. The standard InChI is InChI=1S/C23H25N3O3/c1-28-21-8-7-17(13-22(21)29-2)9-11-25-23(27)20(14-24)16-26-12-10-18-5-3-4-6-19(18)15-26/h3-8,13,16H,9-12,15H2,1-2H3,(H,25,27)/b20-16-. The number of amides is 1. The van der Waals surface area contributed by atoms with Crippen LogP contribution in [0, 0.1) is 11.3 Å². The molecule has 0 spiro atoms. The molecule has 1 amide bonds. The van der Waals surface area contributed by atoms with Crippen LogP contribution in [0.4, 0.5) is 0 Å². The van der Waals surface area contributed by atoms with Gasteiger partial charge in [-0.25, -0.2) is 0 Å². The monoisotopic (exact) mass is 391 g/mol. The van der Waals surface area contributed by atoms with Crippen LogP contribution in [-0.4, -0.2) is 38.1 Å². The molecule has 29 heavy (non-hydrogen) atoms. The van der Waals surface area contributed by atoms with Crippen LogP contribution in [0.2, 0.25) is 0 Å². The van der Waals surface area contributed by atoms with Gasteiger partial charge in [0, 0.05) is 25.8 Å². The number of ether oxygens (including phenoxy) is 2. The normalized spacial score (nSPS) is 13.3. The summed E-state index contributed by atoms with van der Waals surface area (Å²) in [4.78, 5) is 14.5. The van der Waals surface area contributed by atoms with Gasteiger partial charge in [0.2, 0.25) is 0 Å². The SMILES string of the molecule is COc1ccc(CCNC(=O)/C(C#N)=C\N2CCc3ccccc3C2)cc1OC. The molecule has 6 heteroatoms. The van der Waals surface area contributed by atoms with Gasteiger partial charge in [-0.15, -0.1) is 0 Å². The van der Waals surface area contributed by atoms with E-state index in [0.717, 1.165) is 18.5 Å². The number of hydrogen-bond acceptors (Lipinski definition) is 5. The fourth-order valence-corrected chi connectivity index (χ4v) is 3.40. The molecule has 0 saturated heterocycles. The fraction of sp³-hybridized carbons (Fsp3) is 0.304. The summed E-state index contributed by atoms with van der Waals surface area (Å²) in [5.41, 5.74) is 3.70. The molecule has 0 aliphatic carbocycles. The van der Waals surface area contributed by atoms with Crippen molar-refractivity contribution in [1.29, 1.82) is 5.26 Å². The molecule has 0 atom stereocenters. The van der Waals surface area contributed by atoms with Gasteiger partial charge in [-0.1, -0.05) is 30.3 Å². The van der Waals surface area contributed by atoms with Crippen LogP contribution in [0.1, 0.15) is 16.7 Å². The molecule has 0 radical (unpaired) electrons. The van der Waals surface area contributed by atoms with Gasteiger partial charge < -0.3 is 19.7 Å². The van der Waals surface area contributed by atoms with Gasteiger partial charge in [0.05, 0.1) is 14.2 Å². The largest absolute Gasteiger partial charge is 0.493 e. The lowest BCUT2D eigenvalue weighted by Gasteiger charge is -2.27. The van der Waals surface area contributed by atoms with Gasteiger partial charge in [0.15, 0.2) is 11.5 Å². The Labute approximate surface area is 171 Å². The van der Waals surface area contributed by atoms with Crippen LogP contribution in [0.15, 0.2) is 54.2 Å². The predicted octanol–water partition coefficient (Wildman–Crippen LogP) is 2.83. The summed E-state index contributed by atoms with van der Waals surface area (Å²) in [5.74, 6) is 0.962. The third-order valence-electron chi connectivity index (χ3n) is 4.98. The summed E-state index contributed by atoms with van der Waals surface area (Å²) >= 11 is 0. The first-order valence-electron chi connectivity index (χ1n) is 9.56. The highest BCUT2D eigenvalue weighted by atomic mass is 16.5. The highest BCUT2D eigenvalue weighted by molar-refractivity contribution is 5.97. The van der Waals surface area contributed by atoms with Crippen LogP contribution in [-0.2, 0) is 24.2 Å². The van der Waals surface area contributed by atoms with Gasteiger partial charge in [-0.05, 0) is 41.7 Å². The molecule has 3 rings (SSSR count). The van der Waals surface area contributed by atoms with Crippen molar-refractivity contribution in [2.45, 2.75) is 19.4 Å². The molecule has 0 bridgehead atoms. The number of fused-ring (bicyclic) bond motifs is 1. The summed E-state index contributed by atoms with van der Waals surface area (Å²) in [7, 11) is 3.18. The molecular weight excluding hydrogens is 366 g/mol. The molecule has 150 valence electrons. The average molecular weight is 391 g/mol. The van der Waals surface area contributed by atoms with Gasteiger partial charge in [-0.2, -0.15) is 5.26 Å². The summed E-state index contributed by atoms with van der Waals surface area (Å²) in [5, 5.41) is 12.3. The Bertz CT molecular complexity index is 947. The maximum Gasteiger partial charge on any atom is 0.263 e. The summed E-state index contributed by atoms with van der Waals surface area (Å²) in [6.07, 6.45) is 3.20. The second-order valence-electron chi connectivity index (χ2n) is 6.84. The first kappa shape index (κ1) is 20.3. The van der Waals surface area contributed by atoms with E-state index in [1.807, 2.05) is 41.3 Å². The van der Waals surface area contributed by atoms with Gasteiger partial charge in [-0.3, -0.25) is 4.79 Å². The van der Waals surface area contributed by atoms with E-state index in [9.17, 15) is 10.1 Å². The minimum atomic E-state index is -0.355. The lowest BCUT2D eigenvalue weighted by molar-refractivity contribution is -0.117. The lowest BCUT2D eigenvalue weighted by Crippen LogP contribution is -2.30. The van der Waals surface area contributed by atoms with Crippen molar-refractivity contribution in [3.63, 3.8) is 0 Å². The third kappa shape index (κ3) is 5.08. The van der Waals surface area contributed by atoms with E-state index in [1.165, 1.54) is 11.1 Å². The van der Waals surface area contributed by atoms with Gasteiger partial charge in [0.1, 0.15) is 11.6 Å². The number of methoxy groups -OCH3 is 2. The van der Waals surface area contributed by atoms with Crippen LogP contribution >= 0.6 is 0 Å². The highest BCUT2D eigenvalue weighted by Crippen LogP contribution is 2.27. The van der Waals surface area contributed by atoms with E-state index in [2.05, 4.69) is 17.4 Å². The van der Waals surface area contributed by atoms with E-state index in [-0.39, 0.29) is 11.5 Å². The minimum Gasteiger partial charge on any atom is -0.493 e. The second kappa shape index (κ2) is 9.65. The van der Waals surface area contributed by atoms with Crippen molar-refractivity contribution in [2.24, 2.45) is 0 Å². The quantitative estimate of drug-likeness (QED) is 0.580. The van der Waals surface area contributed by atoms with Crippen molar-refractivity contribution in [1.82, 2.24) is 10.2 Å². The smallest absolute Gasteiger partial charge is 0.263 e. The van der Waals surface area contributed by atoms with Crippen molar-refractivity contribution in [3.05, 3.63) is 70.9 Å². The molecule has 2 aromatic carbocycles. The number of carbonyl (C=O) groups is 1. The molecule has 0 saturated carbocycles. The zero-order valence-corrected chi connectivity index (χ0v) is 16.8. The van der Waals surface area contributed by atoms with Crippen molar-refractivity contribution < 1.29 is 14.3 Å². The maximum absolute atomic E-state index is 12.4. The van der Waals surface area contributed by atoms with Crippen LogP contribution in [0.5, 0.6) is 11.5 Å². The van der Waals surface area contributed by atoms with E-state index >= 15 is 0 Å². The van der Waals surface area contributed by atoms with E-state index in [4.69, 9.17) is 9.47 Å². The Morgan fingerprint density at radius 2 is 1.93 bits per heavy atom. The minimum absolute atomic E-state index is 0.122. The Morgan fingerprint density at radius 3 is 2.66 bits per heavy atom. The molecule has 1 N–H and O–H groups in total. The number of carbonyl (C=O) groups excluding carboxylic acids is 1. The summed E-state index contributed by atoms with van der Waals surface area (Å²) in [6, 6.07) is 15.9. The van der Waals surface area contributed by atoms with E-state index < -0.39 is 0 Å². The van der Waals surface area contributed by atoms with Crippen molar-refractivity contribution in [3.8, 4) is 17.6 Å². The number of rotatable bonds is 7. The van der Waals surface area contributed by atoms with Crippen LogP contribution < -0.4 is 14.8 Å². The number of nitrogens with one attached hydrogen (secondary N) is 1. The average Bonchev–Trinajstić information content (AvgIpc) is 2.77. The van der Waals surface area contributed by atoms with Crippen LogP contribution in [0.3, 0.4) is 0 Å². The first-order chi connectivity index (χ1) is 14.1. The van der Waals surface area contributed by atoms with Gasteiger partial charge >= 0.3 is 0 Å². The van der Waals surface area contributed by atoms with E-state index in [1.54, 1.807) is 20.4 Å². The number of benzene rings is 2. The Morgan fingerprint density at radius 1 is 1.17 bits per heavy atom.